The quantitative estimate of drug-likeness (QED) is 0.625. The van der Waals surface area contributed by atoms with E-state index in [1.807, 2.05) is 24.3 Å². The Morgan fingerprint density at radius 1 is 1.07 bits per heavy atom. The number of hydrogen-bond donors (Lipinski definition) is 1. The van der Waals surface area contributed by atoms with Gasteiger partial charge in [-0.3, -0.25) is 0 Å². The molecule has 0 saturated carbocycles. The van der Waals surface area contributed by atoms with Crippen LogP contribution in [0.1, 0.15) is 0 Å². The summed E-state index contributed by atoms with van der Waals surface area (Å²) in [5.41, 5.74) is 1.56. The molecule has 72 valence electrons. The van der Waals surface area contributed by atoms with E-state index >= 15 is 0 Å². The van der Waals surface area contributed by atoms with Crippen molar-refractivity contribution in [2.45, 2.75) is 0 Å². The van der Waals surface area contributed by atoms with Gasteiger partial charge in [-0.05, 0) is 11.3 Å². The van der Waals surface area contributed by atoms with Gasteiger partial charge in [-0.1, -0.05) is 18.2 Å². The van der Waals surface area contributed by atoms with Crippen LogP contribution in [0.5, 0.6) is 0 Å². The van der Waals surface area contributed by atoms with Crippen LogP contribution in [0.15, 0.2) is 30.6 Å². The summed E-state index contributed by atoms with van der Waals surface area (Å²) in [5, 5.41) is 14.6. The molecule has 0 amide bonds. The first-order valence-electron chi connectivity index (χ1n) is 4.39. The molecule has 0 aliphatic rings. The van der Waals surface area contributed by atoms with Gasteiger partial charge in [-0.2, -0.15) is 5.21 Å². The number of tetrazole rings is 1. The molecule has 0 radical (unpaired) electrons. The molecule has 0 bridgehead atoms. The highest BCUT2D eigenvalue weighted by molar-refractivity contribution is 5.89. The second-order valence-electron chi connectivity index (χ2n) is 2.97. The van der Waals surface area contributed by atoms with Crippen LogP contribution in [-0.4, -0.2) is 30.6 Å². The molecular weight excluding hydrogens is 192 g/mol. The highest BCUT2D eigenvalue weighted by atomic mass is 15.5. The minimum absolute atomic E-state index is 0.480. The maximum Gasteiger partial charge on any atom is 0.223 e. The summed E-state index contributed by atoms with van der Waals surface area (Å²) in [7, 11) is 0. The third kappa shape index (κ3) is 1.23. The van der Waals surface area contributed by atoms with Gasteiger partial charge < -0.3 is 0 Å². The van der Waals surface area contributed by atoms with Gasteiger partial charge in [0.25, 0.3) is 0 Å². The van der Waals surface area contributed by atoms with E-state index in [1.165, 1.54) is 6.33 Å². The number of nitrogens with one attached hydrogen (secondary N) is 1. The van der Waals surface area contributed by atoms with Crippen LogP contribution in [-0.2, 0) is 0 Å². The van der Waals surface area contributed by atoms with E-state index < -0.39 is 0 Å². The molecule has 0 saturated heterocycles. The first-order valence-corrected chi connectivity index (χ1v) is 4.39. The summed E-state index contributed by atoms with van der Waals surface area (Å²) in [6.07, 6.45) is 1.49. The fourth-order valence-corrected chi connectivity index (χ4v) is 1.45. The number of aromatic nitrogens is 6. The van der Waals surface area contributed by atoms with Gasteiger partial charge >= 0.3 is 0 Å². The van der Waals surface area contributed by atoms with Crippen molar-refractivity contribution in [3.63, 3.8) is 0 Å². The Balaban J connectivity index is 2.36. The Kier molecular flexibility index (Phi) is 1.64. The van der Waals surface area contributed by atoms with Crippen molar-refractivity contribution in [2.75, 3.05) is 0 Å². The van der Waals surface area contributed by atoms with Gasteiger partial charge in [-0.25, -0.2) is 9.97 Å². The van der Waals surface area contributed by atoms with E-state index in [9.17, 15) is 0 Å². The van der Waals surface area contributed by atoms with E-state index in [0.29, 0.717) is 11.5 Å². The molecule has 15 heavy (non-hydrogen) atoms. The molecular formula is C9H6N6. The number of rotatable bonds is 1. The summed E-state index contributed by atoms with van der Waals surface area (Å²) in [6, 6.07) is 7.70. The highest BCUT2D eigenvalue weighted by Crippen LogP contribution is 2.20. The summed E-state index contributed by atoms with van der Waals surface area (Å²) in [4.78, 5) is 8.31. The fourth-order valence-electron chi connectivity index (χ4n) is 1.45. The molecule has 6 heteroatoms. The molecule has 0 fully saturated rings. The van der Waals surface area contributed by atoms with E-state index in [4.69, 9.17) is 0 Å². The minimum Gasteiger partial charge on any atom is -0.236 e. The number of benzene rings is 1. The van der Waals surface area contributed by atoms with Crippen molar-refractivity contribution in [1.82, 2.24) is 30.6 Å². The predicted molar refractivity (Wildman–Crippen MR) is 52.7 cm³/mol. The van der Waals surface area contributed by atoms with Crippen molar-refractivity contribution in [3.05, 3.63) is 30.6 Å². The molecule has 1 N–H and O–H groups in total. The SMILES string of the molecule is c1ccc2c(-c3nn[nH]n3)ncnc2c1. The predicted octanol–water partition coefficient (Wildman–Crippen LogP) is 0.810. The molecule has 3 aromatic rings. The highest BCUT2D eigenvalue weighted by Gasteiger charge is 2.08. The maximum absolute atomic E-state index is 4.15. The number of aromatic amines is 1. The van der Waals surface area contributed by atoms with Crippen molar-refractivity contribution < 1.29 is 0 Å². The average molecular weight is 198 g/mol. The summed E-state index contributed by atoms with van der Waals surface area (Å²) in [6.45, 7) is 0. The van der Waals surface area contributed by atoms with Gasteiger partial charge in [0.15, 0.2) is 0 Å². The van der Waals surface area contributed by atoms with Gasteiger partial charge in [0.05, 0.1) is 5.52 Å². The molecule has 0 unspecified atom stereocenters. The lowest BCUT2D eigenvalue weighted by Gasteiger charge is -1.99. The summed E-state index contributed by atoms with van der Waals surface area (Å²) < 4.78 is 0. The second-order valence-corrected chi connectivity index (χ2v) is 2.97. The lowest BCUT2D eigenvalue weighted by Crippen LogP contribution is -1.90. The number of H-pyrrole nitrogens is 1. The van der Waals surface area contributed by atoms with Crippen LogP contribution in [0.25, 0.3) is 22.4 Å². The molecule has 1 aromatic carbocycles. The van der Waals surface area contributed by atoms with Crippen molar-refractivity contribution in [3.8, 4) is 11.5 Å². The Morgan fingerprint density at radius 2 is 2.00 bits per heavy atom. The Labute approximate surface area is 84.4 Å². The Morgan fingerprint density at radius 3 is 2.87 bits per heavy atom. The van der Waals surface area contributed by atoms with Crippen molar-refractivity contribution in [1.29, 1.82) is 0 Å². The molecule has 0 aliphatic carbocycles. The van der Waals surface area contributed by atoms with Crippen molar-refractivity contribution >= 4 is 10.9 Å². The van der Waals surface area contributed by atoms with Gasteiger partial charge in [0.2, 0.25) is 5.82 Å². The van der Waals surface area contributed by atoms with Gasteiger partial charge in [-0.15, -0.1) is 10.2 Å². The first kappa shape index (κ1) is 7.98. The normalized spacial score (nSPS) is 10.7. The van der Waals surface area contributed by atoms with Gasteiger partial charge in [0, 0.05) is 5.39 Å². The molecule has 2 aromatic heterocycles. The standard InChI is InChI=1S/C9H6N6/c1-2-4-7-6(3-1)8(11-5-10-7)9-12-14-15-13-9/h1-5H,(H,12,13,14,15). The van der Waals surface area contributed by atoms with Crippen LogP contribution >= 0.6 is 0 Å². The molecule has 0 spiro atoms. The van der Waals surface area contributed by atoms with Crippen LogP contribution in [0.4, 0.5) is 0 Å². The lowest BCUT2D eigenvalue weighted by molar-refractivity contribution is 0.881. The zero-order valence-corrected chi connectivity index (χ0v) is 7.62. The largest absolute Gasteiger partial charge is 0.236 e. The third-order valence-electron chi connectivity index (χ3n) is 2.10. The number of para-hydroxylation sites is 1. The average Bonchev–Trinajstić information content (AvgIpc) is 2.82. The first-order chi connectivity index (χ1) is 7.45. The van der Waals surface area contributed by atoms with Crippen molar-refractivity contribution in [2.24, 2.45) is 0 Å². The van der Waals surface area contributed by atoms with Crippen LogP contribution in [0.3, 0.4) is 0 Å². The third-order valence-corrected chi connectivity index (χ3v) is 2.10. The minimum atomic E-state index is 0.480. The topological polar surface area (TPSA) is 80.2 Å². The van der Waals surface area contributed by atoms with Crippen LogP contribution < -0.4 is 0 Å². The van der Waals surface area contributed by atoms with E-state index in [2.05, 4.69) is 30.6 Å². The molecule has 0 atom stereocenters. The van der Waals surface area contributed by atoms with E-state index in [-0.39, 0.29) is 0 Å². The summed E-state index contributed by atoms with van der Waals surface area (Å²) in [5.74, 6) is 0.480. The van der Waals surface area contributed by atoms with Gasteiger partial charge in [0.1, 0.15) is 12.0 Å². The lowest BCUT2D eigenvalue weighted by atomic mass is 10.2. The smallest absolute Gasteiger partial charge is 0.223 e. The fraction of sp³-hybridized carbons (Fsp3) is 0. The second kappa shape index (κ2) is 3.09. The molecule has 0 aliphatic heterocycles. The maximum atomic E-state index is 4.15. The Hall–Kier alpha value is -2.37. The number of hydrogen-bond acceptors (Lipinski definition) is 5. The van der Waals surface area contributed by atoms with Crippen LogP contribution in [0.2, 0.25) is 0 Å². The van der Waals surface area contributed by atoms with E-state index in [1.54, 1.807) is 0 Å². The van der Waals surface area contributed by atoms with Crippen LogP contribution in [0, 0.1) is 0 Å². The zero-order chi connectivity index (χ0) is 10.1. The molecule has 3 rings (SSSR count). The van der Waals surface area contributed by atoms with E-state index in [0.717, 1.165) is 10.9 Å². The zero-order valence-electron chi connectivity index (χ0n) is 7.62. The Bertz CT molecular complexity index is 583. The monoisotopic (exact) mass is 198 g/mol. The molecule has 6 nitrogen and oxygen atoms in total. The summed E-state index contributed by atoms with van der Waals surface area (Å²) >= 11 is 0. The number of fused-ring (bicyclic) bond motifs is 1. The number of nitrogens with zero attached hydrogens (tertiary/aromatic N) is 5. The molecule has 2 heterocycles.